The molecule has 2 N–H and O–H groups in total. The van der Waals surface area contributed by atoms with Gasteiger partial charge in [0.1, 0.15) is 12.2 Å². The Kier molecular flexibility index (Phi) is 9.25. The topological polar surface area (TPSA) is 147 Å². The fourth-order valence-corrected chi connectivity index (χ4v) is 8.19. The fourth-order valence-electron chi connectivity index (χ4n) is 7.39. The number of aliphatic hydroxyl groups excluding tert-OH is 1. The van der Waals surface area contributed by atoms with Gasteiger partial charge in [0, 0.05) is 10.8 Å². The number of phosphoric ester groups is 1. The summed E-state index contributed by atoms with van der Waals surface area (Å²) in [7, 11) is -5.39. The van der Waals surface area contributed by atoms with Gasteiger partial charge < -0.3 is 29.1 Å². The second kappa shape index (κ2) is 10.0. The third-order valence-corrected chi connectivity index (χ3v) is 10.4. The first-order valence-electron chi connectivity index (χ1n) is 10.8. The van der Waals surface area contributed by atoms with E-state index in [-0.39, 0.29) is 83.2 Å². The molecule has 8 nitrogen and oxygen atoms in total. The van der Waals surface area contributed by atoms with E-state index >= 15 is 0 Å². The Morgan fingerprint density at radius 1 is 1.29 bits per heavy atom. The maximum absolute atomic E-state index is 13.0. The first-order valence-corrected chi connectivity index (χ1v) is 12.7. The number of ketones is 2. The molecule has 0 aromatic carbocycles. The van der Waals surface area contributed by atoms with Crippen LogP contribution in [0.1, 0.15) is 46.5 Å². The first kappa shape index (κ1) is 31.4. The number of aliphatic hydroxyl groups is 2. The van der Waals surface area contributed by atoms with Crippen molar-refractivity contribution in [2.75, 3.05) is 6.61 Å². The number of phosphoric acid groups is 1. The Balaban J connectivity index is 0.00000204. The normalized spacial score (nSPS) is 45.2. The van der Waals surface area contributed by atoms with Gasteiger partial charge in [-0.25, -0.2) is 0 Å². The average molecular weight is 533 g/mol. The van der Waals surface area contributed by atoms with E-state index in [4.69, 9.17) is 11.6 Å². The van der Waals surface area contributed by atoms with E-state index in [1.807, 2.05) is 6.92 Å². The van der Waals surface area contributed by atoms with E-state index < -0.39 is 53.5 Å². The van der Waals surface area contributed by atoms with Gasteiger partial charge >= 0.3 is 59.1 Å². The zero-order chi connectivity index (χ0) is 23.9. The van der Waals surface area contributed by atoms with Crippen molar-refractivity contribution < 1.29 is 97.8 Å². The molecule has 4 rings (SSSR count). The van der Waals surface area contributed by atoms with Gasteiger partial charge in [-0.1, -0.05) is 32.4 Å². The van der Waals surface area contributed by atoms with E-state index in [1.54, 1.807) is 26.0 Å². The Morgan fingerprint density at radius 2 is 1.91 bits per heavy atom. The number of alkyl halides is 1. The van der Waals surface area contributed by atoms with E-state index in [0.29, 0.717) is 19.3 Å². The number of hydrogen-bond acceptors (Lipinski definition) is 8. The number of carbonyl (C=O) groups is 2. The summed E-state index contributed by atoms with van der Waals surface area (Å²) in [5.41, 5.74) is -2.98. The van der Waals surface area contributed by atoms with Crippen molar-refractivity contribution in [1.29, 1.82) is 0 Å². The molecular weight excluding hydrogens is 505 g/mol. The third kappa shape index (κ3) is 4.31. The second-order valence-corrected chi connectivity index (χ2v) is 12.1. The standard InChI is InChI=1S/C22H30ClO8P.2Na/c1-12-8-16-15-5-4-13-9-14(24)6-7-19(13,2)21(15,23)17(25)10-20(16,3)22(12,27)18(26)11-31-32(28,29)30;;/h6-7,9,12,15-17,25,27H,4-5,8,10-11H2,1-3H3,(H2,28,29,30);;/q;2*+1/p-2/t12-,15?,16?,17-,19-,20-,21?,22-;;/m0../s1. The molecule has 34 heavy (non-hydrogen) atoms. The van der Waals surface area contributed by atoms with Crippen LogP contribution >= 0.6 is 19.4 Å². The Hall–Kier alpha value is 1.14. The zero-order valence-electron chi connectivity index (χ0n) is 20.2. The molecule has 0 saturated heterocycles. The van der Waals surface area contributed by atoms with Crippen LogP contribution in [0.4, 0.5) is 0 Å². The SMILES string of the molecule is C[C@H]1CC2C3CCC4=CC(=O)C=C[C@]4(C)C3(Cl)[C@@H](O)C[C@]2(C)[C@@]1(O)C(=O)COP(=O)([O-])[O-].[Na+].[Na+]. The van der Waals surface area contributed by atoms with Crippen LogP contribution in [-0.4, -0.2) is 45.0 Å². The van der Waals surface area contributed by atoms with Crippen molar-refractivity contribution in [3.63, 3.8) is 0 Å². The summed E-state index contributed by atoms with van der Waals surface area (Å²) in [6.07, 6.45) is 5.32. The molecule has 0 bridgehead atoms. The fraction of sp³-hybridized carbons (Fsp3) is 0.727. The van der Waals surface area contributed by atoms with Gasteiger partial charge in [0.15, 0.2) is 11.6 Å². The maximum atomic E-state index is 13.0. The molecule has 0 aliphatic heterocycles. The molecule has 0 aromatic rings. The van der Waals surface area contributed by atoms with E-state index in [9.17, 15) is 34.2 Å². The minimum atomic E-state index is -5.39. The number of carbonyl (C=O) groups excluding carboxylic acids is 2. The van der Waals surface area contributed by atoms with Crippen LogP contribution in [-0.2, 0) is 18.7 Å². The van der Waals surface area contributed by atoms with E-state index in [0.717, 1.165) is 5.57 Å². The molecule has 3 saturated carbocycles. The van der Waals surface area contributed by atoms with Gasteiger partial charge in [0.25, 0.3) is 0 Å². The van der Waals surface area contributed by atoms with Crippen molar-refractivity contribution in [3.8, 4) is 0 Å². The molecule has 0 aromatic heterocycles. The van der Waals surface area contributed by atoms with Gasteiger partial charge in [-0.05, 0) is 55.6 Å². The molecule has 3 fully saturated rings. The number of rotatable bonds is 4. The van der Waals surface area contributed by atoms with Crippen LogP contribution in [0.2, 0.25) is 0 Å². The summed E-state index contributed by atoms with van der Waals surface area (Å²) >= 11 is 7.30. The van der Waals surface area contributed by atoms with Gasteiger partial charge in [-0.15, -0.1) is 11.6 Å². The molecule has 0 spiro atoms. The first-order chi connectivity index (χ1) is 14.6. The smallest absolute Gasteiger partial charge is 0.790 e. The van der Waals surface area contributed by atoms with Crippen molar-refractivity contribution in [1.82, 2.24) is 0 Å². The van der Waals surface area contributed by atoms with Crippen LogP contribution in [0.3, 0.4) is 0 Å². The van der Waals surface area contributed by atoms with Crippen molar-refractivity contribution in [3.05, 3.63) is 23.8 Å². The van der Waals surface area contributed by atoms with Gasteiger partial charge in [0.05, 0.1) is 18.8 Å². The monoisotopic (exact) mass is 532 g/mol. The Labute approximate surface area is 248 Å². The molecule has 4 aliphatic rings. The molecular formula is C22H28ClNa2O8P. The average Bonchev–Trinajstić information content (AvgIpc) is 2.89. The summed E-state index contributed by atoms with van der Waals surface area (Å²) < 4.78 is 15.1. The molecule has 12 heteroatoms. The molecule has 4 aliphatic carbocycles. The molecule has 8 atom stereocenters. The van der Waals surface area contributed by atoms with Crippen molar-refractivity contribution in [2.45, 2.75) is 63.0 Å². The number of hydrogen-bond donors (Lipinski definition) is 2. The second-order valence-electron chi connectivity index (χ2n) is 10.3. The van der Waals surface area contributed by atoms with Crippen LogP contribution in [0.15, 0.2) is 23.8 Å². The largest absolute Gasteiger partial charge is 1.00 e. The molecule has 178 valence electrons. The predicted molar refractivity (Wildman–Crippen MR) is 111 cm³/mol. The van der Waals surface area contributed by atoms with Crippen molar-refractivity contribution in [2.24, 2.45) is 28.6 Å². The number of fused-ring (bicyclic) bond motifs is 5. The summed E-state index contributed by atoms with van der Waals surface area (Å²) in [5.74, 6) is -2.08. The third-order valence-electron chi connectivity index (χ3n) is 9.00. The Morgan fingerprint density at radius 3 is 2.50 bits per heavy atom. The summed E-state index contributed by atoms with van der Waals surface area (Å²) in [5, 5.41) is 23.1. The van der Waals surface area contributed by atoms with Crippen molar-refractivity contribution >= 4 is 31.0 Å². The Bertz CT molecular complexity index is 984. The number of allylic oxidation sites excluding steroid dienone is 4. The van der Waals surface area contributed by atoms with Crippen LogP contribution in [0.5, 0.6) is 0 Å². The van der Waals surface area contributed by atoms with Crippen LogP contribution in [0.25, 0.3) is 0 Å². The summed E-state index contributed by atoms with van der Waals surface area (Å²) in [4.78, 5) is 45.6. The molecule has 0 amide bonds. The number of halogens is 1. The van der Waals surface area contributed by atoms with Gasteiger partial charge in [0.2, 0.25) is 0 Å². The summed E-state index contributed by atoms with van der Waals surface area (Å²) in [6, 6.07) is 0. The molecule has 0 heterocycles. The van der Waals surface area contributed by atoms with Crippen LogP contribution in [0, 0.1) is 28.6 Å². The molecule has 0 radical (unpaired) electrons. The molecule has 3 unspecified atom stereocenters. The van der Waals surface area contributed by atoms with Gasteiger partial charge in [-0.2, -0.15) is 0 Å². The van der Waals surface area contributed by atoms with Crippen LogP contribution < -0.4 is 68.9 Å². The number of Topliss-reactive ketones (excluding diaryl/α,β-unsaturated/α-hetero) is 1. The summed E-state index contributed by atoms with van der Waals surface area (Å²) in [6.45, 7) is 4.29. The van der Waals surface area contributed by atoms with Gasteiger partial charge in [-0.3, -0.25) is 9.59 Å². The minimum absolute atomic E-state index is 0. The van der Waals surface area contributed by atoms with E-state index in [2.05, 4.69) is 4.52 Å². The maximum Gasteiger partial charge on any atom is 1.00 e. The minimum Gasteiger partial charge on any atom is -0.790 e. The quantitative estimate of drug-likeness (QED) is 0.208. The predicted octanol–water partition coefficient (Wildman–Crippen LogP) is -4.97. The zero-order valence-corrected chi connectivity index (χ0v) is 25.9. The van der Waals surface area contributed by atoms with E-state index in [1.165, 1.54) is 6.08 Å².